The number of anilines is 1. The molecule has 3 atom stereocenters. The molecule has 0 bridgehead atoms. The number of benzene rings is 1. The van der Waals surface area contributed by atoms with Crippen LogP contribution in [0.4, 0.5) is 10.1 Å². The molecule has 2 nitrogen and oxygen atoms in total. The summed E-state index contributed by atoms with van der Waals surface area (Å²) in [5.74, 6) is 2.13. The van der Waals surface area contributed by atoms with Gasteiger partial charge in [0.25, 0.3) is 0 Å². The minimum Gasteiger partial charge on any atom is -0.354 e. The Morgan fingerprint density at radius 2 is 2.28 bits per heavy atom. The highest BCUT2D eigenvalue weighted by atomic mass is 32.2. The van der Waals surface area contributed by atoms with Gasteiger partial charge in [0.1, 0.15) is 0 Å². The second kappa shape index (κ2) is 7.96. The van der Waals surface area contributed by atoms with Crippen LogP contribution in [0.5, 0.6) is 0 Å². The molecule has 2 N–H and O–H groups in total. The summed E-state index contributed by atoms with van der Waals surface area (Å²) < 4.78 is 17.7. The maximum Gasteiger partial charge on any atom is 0.152 e. The summed E-state index contributed by atoms with van der Waals surface area (Å²) in [6, 6.07) is 3.76. The minimum absolute atomic E-state index is 0.167. The second-order valence-electron chi connectivity index (χ2n) is 7.52. The van der Waals surface area contributed by atoms with E-state index in [9.17, 15) is 4.39 Å². The molecule has 1 fully saturated rings. The fourth-order valence-electron chi connectivity index (χ4n) is 4.03. The van der Waals surface area contributed by atoms with E-state index in [1.807, 2.05) is 6.07 Å². The Kier molecular flexibility index (Phi) is 5.90. The van der Waals surface area contributed by atoms with Crippen LogP contribution in [-0.4, -0.2) is 0 Å². The normalized spacial score (nSPS) is 24.2. The highest BCUT2D eigenvalue weighted by molar-refractivity contribution is 7.97. The third-order valence-electron chi connectivity index (χ3n) is 5.89. The summed E-state index contributed by atoms with van der Waals surface area (Å²) in [5, 5.41) is 3.16. The zero-order chi connectivity index (χ0) is 18.0. The van der Waals surface area contributed by atoms with Gasteiger partial charge in [-0.1, -0.05) is 32.4 Å². The molecule has 2 aliphatic rings. The van der Waals surface area contributed by atoms with Crippen molar-refractivity contribution in [3.05, 3.63) is 47.4 Å². The Morgan fingerprint density at radius 1 is 1.48 bits per heavy atom. The third-order valence-corrected chi connectivity index (χ3v) is 6.79. The predicted octanol–water partition coefficient (Wildman–Crippen LogP) is 6.27. The molecule has 0 spiro atoms. The molecule has 1 aliphatic carbocycles. The van der Waals surface area contributed by atoms with Gasteiger partial charge >= 0.3 is 0 Å². The number of fused-ring (bicyclic) bond motifs is 1. The van der Waals surface area contributed by atoms with Crippen LogP contribution in [0, 0.1) is 23.6 Å². The van der Waals surface area contributed by atoms with Gasteiger partial charge in [-0.2, -0.15) is 0 Å². The summed E-state index contributed by atoms with van der Waals surface area (Å²) in [6.45, 7) is 11.5. The van der Waals surface area contributed by atoms with Gasteiger partial charge in [-0.25, -0.2) is 4.39 Å². The molecule has 1 aromatic carbocycles. The van der Waals surface area contributed by atoms with E-state index in [0.717, 1.165) is 28.0 Å². The first kappa shape index (κ1) is 18.5. The topological polar surface area (TPSA) is 24.1 Å². The molecule has 3 unspecified atom stereocenters. The molecule has 4 heteroatoms. The summed E-state index contributed by atoms with van der Waals surface area (Å²) in [6.07, 6.45) is 7.23. The molecule has 1 aliphatic heterocycles. The first-order valence-corrected chi connectivity index (χ1v) is 10.2. The van der Waals surface area contributed by atoms with Crippen molar-refractivity contribution in [3.8, 4) is 0 Å². The summed E-state index contributed by atoms with van der Waals surface area (Å²) in [4.78, 5) is 0.974. The number of nitrogens with one attached hydrogen (secondary N) is 2. The van der Waals surface area contributed by atoms with Crippen LogP contribution >= 0.6 is 11.9 Å². The van der Waals surface area contributed by atoms with Crippen LogP contribution in [-0.2, 0) is 6.54 Å². The third kappa shape index (κ3) is 4.12. The van der Waals surface area contributed by atoms with E-state index < -0.39 is 0 Å². The molecule has 25 heavy (non-hydrogen) atoms. The van der Waals surface area contributed by atoms with Crippen molar-refractivity contribution in [3.63, 3.8) is 0 Å². The number of hydrogen-bond acceptors (Lipinski definition) is 3. The van der Waals surface area contributed by atoms with Crippen molar-refractivity contribution in [1.29, 1.82) is 0 Å². The molecule has 1 saturated carbocycles. The average molecular weight is 361 g/mol. The predicted molar refractivity (Wildman–Crippen MR) is 106 cm³/mol. The molecule has 136 valence electrons. The smallest absolute Gasteiger partial charge is 0.152 e. The lowest BCUT2D eigenvalue weighted by Gasteiger charge is -2.18. The van der Waals surface area contributed by atoms with E-state index in [0.29, 0.717) is 18.2 Å². The van der Waals surface area contributed by atoms with E-state index in [4.69, 9.17) is 0 Å². The van der Waals surface area contributed by atoms with Crippen LogP contribution in [0.1, 0.15) is 52.0 Å². The van der Waals surface area contributed by atoms with E-state index in [-0.39, 0.29) is 5.82 Å². The number of halogens is 1. The molecular formula is C21H29FN2S. The molecular weight excluding hydrogens is 331 g/mol. The van der Waals surface area contributed by atoms with Gasteiger partial charge in [0.05, 0.1) is 5.69 Å². The van der Waals surface area contributed by atoms with Gasteiger partial charge in [0.2, 0.25) is 0 Å². The fraction of sp³-hybridized carbons (Fsp3) is 0.524. The zero-order valence-corrected chi connectivity index (χ0v) is 16.3. The van der Waals surface area contributed by atoms with Crippen molar-refractivity contribution in [2.45, 2.75) is 57.9 Å². The Balaban J connectivity index is 1.63. The Labute approximate surface area is 155 Å². The lowest BCUT2D eigenvalue weighted by molar-refractivity contribution is 0.350. The van der Waals surface area contributed by atoms with Gasteiger partial charge in [0.15, 0.2) is 5.82 Å². The number of rotatable bonds is 6. The summed E-state index contributed by atoms with van der Waals surface area (Å²) in [7, 11) is 0. The van der Waals surface area contributed by atoms with Crippen molar-refractivity contribution in [1.82, 2.24) is 4.72 Å². The van der Waals surface area contributed by atoms with Crippen molar-refractivity contribution < 1.29 is 4.39 Å². The lowest BCUT2D eigenvalue weighted by atomic mass is 9.88. The number of allylic oxidation sites excluding steroid dienone is 2. The zero-order valence-electron chi connectivity index (χ0n) is 15.5. The SMILES string of the molecule is C=C(/C=C(\C)C1CCC(C(C)CC)C1)Nc1ccc2c(c1F)CNS2. The highest BCUT2D eigenvalue weighted by Gasteiger charge is 2.28. The van der Waals surface area contributed by atoms with E-state index in [2.05, 4.69) is 43.5 Å². The van der Waals surface area contributed by atoms with Crippen LogP contribution in [0.3, 0.4) is 0 Å². The van der Waals surface area contributed by atoms with Gasteiger partial charge in [-0.15, -0.1) is 0 Å². The van der Waals surface area contributed by atoms with E-state index in [1.165, 1.54) is 43.2 Å². The van der Waals surface area contributed by atoms with Gasteiger partial charge < -0.3 is 5.32 Å². The Hall–Kier alpha value is -1.26. The maximum absolute atomic E-state index is 14.6. The standard InChI is InChI=1S/C21H29FN2S/c1-5-13(2)16-6-7-17(11-16)14(3)10-15(4)24-19-8-9-20-18(21(19)22)12-23-25-20/h8-10,13,16-17,23-24H,4-7,11-12H2,1-3H3/b14-10+. The second-order valence-corrected chi connectivity index (χ2v) is 8.45. The van der Waals surface area contributed by atoms with E-state index >= 15 is 0 Å². The van der Waals surface area contributed by atoms with Crippen LogP contribution in [0.15, 0.2) is 41.0 Å². The lowest BCUT2D eigenvalue weighted by Crippen LogP contribution is -2.08. The highest BCUT2D eigenvalue weighted by Crippen LogP contribution is 2.40. The van der Waals surface area contributed by atoms with Crippen LogP contribution in [0.25, 0.3) is 0 Å². The fourth-order valence-corrected chi connectivity index (χ4v) is 4.82. The molecule has 3 rings (SSSR count). The van der Waals surface area contributed by atoms with Gasteiger partial charge in [-0.3, -0.25) is 4.72 Å². The molecule has 0 aromatic heterocycles. The molecule has 0 amide bonds. The molecule has 1 aromatic rings. The Bertz CT molecular complexity index is 683. The van der Waals surface area contributed by atoms with Crippen molar-refractivity contribution >= 4 is 17.6 Å². The molecule has 0 saturated heterocycles. The van der Waals surface area contributed by atoms with E-state index in [1.54, 1.807) is 6.07 Å². The van der Waals surface area contributed by atoms with Crippen LogP contribution < -0.4 is 10.0 Å². The molecule has 1 heterocycles. The maximum atomic E-state index is 14.6. The largest absolute Gasteiger partial charge is 0.354 e. The Morgan fingerprint density at radius 3 is 3.04 bits per heavy atom. The first-order valence-electron chi connectivity index (χ1n) is 9.34. The average Bonchev–Trinajstić information content (AvgIpc) is 3.26. The van der Waals surface area contributed by atoms with Crippen LogP contribution in [0.2, 0.25) is 0 Å². The van der Waals surface area contributed by atoms with Crippen molar-refractivity contribution in [2.75, 3.05) is 5.32 Å². The summed E-state index contributed by atoms with van der Waals surface area (Å²) in [5.41, 5.74) is 3.39. The van der Waals surface area contributed by atoms with Gasteiger partial charge in [0, 0.05) is 22.7 Å². The minimum atomic E-state index is -0.167. The first-order chi connectivity index (χ1) is 12.0. The quantitative estimate of drug-likeness (QED) is 0.462. The van der Waals surface area contributed by atoms with Crippen molar-refractivity contribution in [2.24, 2.45) is 17.8 Å². The molecule has 0 radical (unpaired) electrons. The number of hydrogen-bond donors (Lipinski definition) is 2. The monoisotopic (exact) mass is 360 g/mol. The van der Waals surface area contributed by atoms with Gasteiger partial charge in [-0.05, 0) is 74.1 Å². The summed E-state index contributed by atoms with van der Waals surface area (Å²) >= 11 is 1.49.